The van der Waals surface area contributed by atoms with Gasteiger partial charge in [0.2, 0.25) is 5.91 Å². The van der Waals surface area contributed by atoms with Crippen LogP contribution in [0.3, 0.4) is 0 Å². The summed E-state index contributed by atoms with van der Waals surface area (Å²) in [6, 6.07) is 4.52. The second kappa shape index (κ2) is 6.70. The van der Waals surface area contributed by atoms with E-state index in [9.17, 15) is 9.59 Å². The molecule has 3 N–H and O–H groups in total. The van der Waals surface area contributed by atoms with Crippen molar-refractivity contribution in [3.05, 3.63) is 41.0 Å². The number of aryl methyl sites for hydroxylation is 2. The molecule has 0 aliphatic rings. The monoisotopic (exact) mass is 263 g/mol. The number of aliphatic hydroxyl groups is 1. The molecule has 1 aromatic carbocycles. The van der Waals surface area contributed by atoms with Crippen LogP contribution in [0.5, 0.6) is 0 Å². The summed E-state index contributed by atoms with van der Waals surface area (Å²) in [7, 11) is 0. The second-order valence-electron chi connectivity index (χ2n) is 4.28. The highest BCUT2D eigenvalue weighted by Gasteiger charge is 2.16. The molecule has 0 radical (unpaired) electrons. The maximum Gasteiger partial charge on any atom is 0.328 e. The van der Waals surface area contributed by atoms with Gasteiger partial charge >= 0.3 is 5.97 Å². The van der Waals surface area contributed by atoms with Crippen LogP contribution in [0.2, 0.25) is 0 Å². The Bertz CT molecular complexity index is 508. The van der Waals surface area contributed by atoms with E-state index in [2.05, 4.69) is 5.32 Å². The van der Waals surface area contributed by atoms with Crippen molar-refractivity contribution in [3.63, 3.8) is 0 Å². The third-order valence-electron chi connectivity index (χ3n) is 2.64. The first-order valence-electron chi connectivity index (χ1n) is 5.83. The fourth-order valence-corrected chi connectivity index (χ4v) is 1.58. The minimum Gasteiger partial charge on any atom is -0.480 e. The molecule has 5 heteroatoms. The van der Waals surface area contributed by atoms with Gasteiger partial charge in [0.25, 0.3) is 0 Å². The summed E-state index contributed by atoms with van der Waals surface area (Å²) < 4.78 is 0. The summed E-state index contributed by atoms with van der Waals surface area (Å²) in [5.74, 6) is -1.82. The normalized spacial score (nSPS) is 12.4. The van der Waals surface area contributed by atoms with E-state index in [1.165, 1.54) is 6.08 Å². The van der Waals surface area contributed by atoms with Crippen molar-refractivity contribution in [2.24, 2.45) is 0 Å². The molecule has 0 aliphatic carbocycles. The molecule has 19 heavy (non-hydrogen) atoms. The van der Waals surface area contributed by atoms with Crippen molar-refractivity contribution in [1.82, 2.24) is 5.32 Å². The Balaban J connectivity index is 2.70. The molecule has 1 unspecified atom stereocenters. The van der Waals surface area contributed by atoms with Crippen LogP contribution in [0.4, 0.5) is 0 Å². The van der Waals surface area contributed by atoms with E-state index >= 15 is 0 Å². The molecule has 0 saturated heterocycles. The lowest BCUT2D eigenvalue weighted by Crippen LogP contribution is -2.42. The Hall–Kier alpha value is -2.14. The van der Waals surface area contributed by atoms with Crippen LogP contribution in [0.1, 0.15) is 16.7 Å². The Kier molecular flexibility index (Phi) is 5.26. The minimum atomic E-state index is -1.28. The lowest BCUT2D eigenvalue weighted by Gasteiger charge is -2.09. The number of benzene rings is 1. The molecule has 0 fully saturated rings. The van der Waals surface area contributed by atoms with E-state index < -0.39 is 24.5 Å². The first-order chi connectivity index (χ1) is 8.93. The number of aliphatic hydroxyl groups excluding tert-OH is 1. The number of amides is 1. The Morgan fingerprint density at radius 3 is 2.58 bits per heavy atom. The van der Waals surface area contributed by atoms with Crippen molar-refractivity contribution in [2.75, 3.05) is 6.61 Å². The number of hydrogen-bond acceptors (Lipinski definition) is 3. The van der Waals surface area contributed by atoms with Crippen LogP contribution in [0.15, 0.2) is 24.3 Å². The van der Waals surface area contributed by atoms with Gasteiger partial charge in [0, 0.05) is 6.08 Å². The molecule has 0 heterocycles. The molecular weight excluding hydrogens is 246 g/mol. The lowest BCUT2D eigenvalue weighted by atomic mass is 10.1. The zero-order valence-corrected chi connectivity index (χ0v) is 10.9. The number of nitrogens with one attached hydrogen (secondary N) is 1. The number of carbonyl (C=O) groups is 2. The molecule has 1 rings (SSSR count). The number of carboxylic acids is 1. The molecular formula is C14H17NO4. The highest BCUT2D eigenvalue weighted by Crippen LogP contribution is 2.11. The van der Waals surface area contributed by atoms with Crippen molar-refractivity contribution in [1.29, 1.82) is 0 Å². The third kappa shape index (κ3) is 4.56. The molecule has 5 nitrogen and oxygen atoms in total. The van der Waals surface area contributed by atoms with Gasteiger partial charge in [-0.05, 0) is 31.1 Å². The average Bonchev–Trinajstić information content (AvgIpc) is 2.34. The molecule has 102 valence electrons. The van der Waals surface area contributed by atoms with Gasteiger partial charge in [0.05, 0.1) is 6.61 Å². The van der Waals surface area contributed by atoms with Gasteiger partial charge in [0.1, 0.15) is 0 Å². The first kappa shape index (κ1) is 14.9. The van der Waals surface area contributed by atoms with Crippen molar-refractivity contribution < 1.29 is 19.8 Å². The van der Waals surface area contributed by atoms with Gasteiger partial charge < -0.3 is 15.5 Å². The van der Waals surface area contributed by atoms with Gasteiger partial charge in [0.15, 0.2) is 6.04 Å². The SMILES string of the molecule is Cc1ccc(/C=C/C(=O)NC(CO)C(=O)O)c(C)c1. The number of rotatable bonds is 5. The van der Waals surface area contributed by atoms with Crippen LogP contribution in [-0.4, -0.2) is 34.7 Å². The zero-order chi connectivity index (χ0) is 14.4. The topological polar surface area (TPSA) is 86.6 Å². The van der Waals surface area contributed by atoms with Crippen molar-refractivity contribution in [2.45, 2.75) is 19.9 Å². The molecule has 0 bridgehead atoms. The van der Waals surface area contributed by atoms with Crippen LogP contribution in [-0.2, 0) is 9.59 Å². The molecule has 1 aromatic rings. The summed E-state index contributed by atoms with van der Waals surface area (Å²) in [5.41, 5.74) is 3.04. The Labute approximate surface area is 111 Å². The predicted octanol–water partition coefficient (Wildman–Crippen LogP) is 0.878. The quantitative estimate of drug-likeness (QED) is 0.688. The second-order valence-corrected chi connectivity index (χ2v) is 4.28. The molecule has 0 spiro atoms. The van der Waals surface area contributed by atoms with Crippen LogP contribution >= 0.6 is 0 Å². The highest BCUT2D eigenvalue weighted by atomic mass is 16.4. The molecule has 0 aromatic heterocycles. The third-order valence-corrected chi connectivity index (χ3v) is 2.64. The summed E-state index contributed by atoms with van der Waals surface area (Å²) in [5, 5.41) is 19.7. The van der Waals surface area contributed by atoms with E-state index in [4.69, 9.17) is 10.2 Å². The van der Waals surface area contributed by atoms with Gasteiger partial charge in [-0.3, -0.25) is 4.79 Å². The summed E-state index contributed by atoms with van der Waals surface area (Å²) in [6.45, 7) is 3.27. The minimum absolute atomic E-state index is 0.554. The lowest BCUT2D eigenvalue weighted by molar-refractivity contribution is -0.142. The number of aliphatic carboxylic acids is 1. The Morgan fingerprint density at radius 1 is 1.37 bits per heavy atom. The molecule has 1 amide bonds. The predicted molar refractivity (Wildman–Crippen MR) is 71.6 cm³/mol. The highest BCUT2D eigenvalue weighted by molar-refractivity contribution is 5.94. The first-order valence-corrected chi connectivity index (χ1v) is 5.83. The fraction of sp³-hybridized carbons (Fsp3) is 0.286. The van der Waals surface area contributed by atoms with Crippen LogP contribution in [0.25, 0.3) is 6.08 Å². The largest absolute Gasteiger partial charge is 0.480 e. The number of carboxylic acid groups (broad SMARTS) is 1. The number of carbonyl (C=O) groups excluding carboxylic acids is 1. The van der Waals surface area contributed by atoms with Gasteiger partial charge in [-0.25, -0.2) is 4.79 Å². The van der Waals surface area contributed by atoms with E-state index in [0.717, 1.165) is 16.7 Å². The van der Waals surface area contributed by atoms with Gasteiger partial charge in [-0.15, -0.1) is 0 Å². The molecule has 1 atom stereocenters. The smallest absolute Gasteiger partial charge is 0.328 e. The fourth-order valence-electron chi connectivity index (χ4n) is 1.58. The summed E-state index contributed by atoms with van der Waals surface area (Å²) in [4.78, 5) is 22.1. The van der Waals surface area contributed by atoms with E-state index in [-0.39, 0.29) is 0 Å². The summed E-state index contributed by atoms with van der Waals surface area (Å²) in [6.07, 6.45) is 2.86. The van der Waals surface area contributed by atoms with Crippen LogP contribution < -0.4 is 5.32 Å². The maximum absolute atomic E-state index is 11.5. The van der Waals surface area contributed by atoms with Crippen LogP contribution in [0, 0.1) is 13.8 Å². The van der Waals surface area contributed by atoms with Crippen molar-refractivity contribution in [3.8, 4) is 0 Å². The number of hydrogen-bond donors (Lipinski definition) is 3. The van der Waals surface area contributed by atoms with Crippen molar-refractivity contribution >= 4 is 18.0 Å². The van der Waals surface area contributed by atoms with Gasteiger partial charge in [-0.2, -0.15) is 0 Å². The van der Waals surface area contributed by atoms with Gasteiger partial charge in [-0.1, -0.05) is 23.8 Å². The molecule has 0 aliphatic heterocycles. The maximum atomic E-state index is 11.5. The zero-order valence-electron chi connectivity index (χ0n) is 10.9. The van der Waals surface area contributed by atoms with E-state index in [0.29, 0.717) is 0 Å². The van der Waals surface area contributed by atoms with E-state index in [1.54, 1.807) is 6.08 Å². The standard InChI is InChI=1S/C14H17NO4/c1-9-3-4-11(10(2)7-9)5-6-13(17)15-12(8-16)14(18)19/h3-7,12,16H,8H2,1-2H3,(H,15,17)(H,18,19)/b6-5+. The van der Waals surface area contributed by atoms with E-state index in [1.807, 2.05) is 32.0 Å². The Morgan fingerprint density at radius 2 is 2.05 bits per heavy atom. The molecule has 0 saturated carbocycles. The summed E-state index contributed by atoms with van der Waals surface area (Å²) >= 11 is 0. The average molecular weight is 263 g/mol.